The maximum atomic E-state index is 7.58. The van der Waals surface area contributed by atoms with E-state index in [0.29, 0.717) is 25.5 Å². The number of piperidine rings is 1. The number of hydrogen-bond acceptors (Lipinski definition) is 4. The maximum absolute atomic E-state index is 7.58. The first-order valence-corrected chi connectivity index (χ1v) is 8.90. The summed E-state index contributed by atoms with van der Waals surface area (Å²) in [6, 6.07) is 5.87. The van der Waals surface area contributed by atoms with E-state index >= 15 is 0 Å². The average Bonchev–Trinajstić information content (AvgIpc) is 2.56. The van der Waals surface area contributed by atoms with Crippen molar-refractivity contribution in [3.05, 3.63) is 28.8 Å². The molecule has 0 bridgehead atoms. The van der Waals surface area contributed by atoms with Crippen LogP contribution in [0, 0.1) is 5.41 Å². The minimum Gasteiger partial charge on any atom is -0.494 e. The van der Waals surface area contributed by atoms with Crippen LogP contribution in [0.25, 0.3) is 0 Å². The van der Waals surface area contributed by atoms with Gasteiger partial charge in [0.15, 0.2) is 5.90 Å². The van der Waals surface area contributed by atoms with E-state index in [1.165, 1.54) is 19.3 Å². The molecule has 1 saturated heterocycles. The van der Waals surface area contributed by atoms with Gasteiger partial charge in [-0.05, 0) is 63.0 Å². The number of benzene rings is 1. The van der Waals surface area contributed by atoms with Gasteiger partial charge < -0.3 is 9.47 Å². The van der Waals surface area contributed by atoms with Crippen molar-refractivity contribution in [3.63, 3.8) is 0 Å². The smallest absolute Gasteiger partial charge is 0.180 e. The number of rotatable bonds is 8. The van der Waals surface area contributed by atoms with Gasteiger partial charge in [0.1, 0.15) is 5.75 Å². The Morgan fingerprint density at radius 2 is 2.04 bits per heavy atom. The van der Waals surface area contributed by atoms with Crippen LogP contribution in [0.2, 0.25) is 5.02 Å². The fourth-order valence-corrected chi connectivity index (χ4v) is 2.97. The minimum absolute atomic E-state index is 0.331. The Kier molecular flexibility index (Phi) is 7.69. The molecular weight excluding hydrogens is 312 g/mol. The Hall–Kier alpha value is -1.26. The number of halogens is 1. The molecule has 0 atom stereocenters. The first-order valence-electron chi connectivity index (χ1n) is 8.53. The third-order valence-corrected chi connectivity index (χ3v) is 4.36. The van der Waals surface area contributed by atoms with Gasteiger partial charge in [-0.1, -0.05) is 18.0 Å². The summed E-state index contributed by atoms with van der Waals surface area (Å²) in [5.74, 6) is 1.18. The second kappa shape index (κ2) is 9.78. The van der Waals surface area contributed by atoms with Crippen molar-refractivity contribution < 1.29 is 9.47 Å². The van der Waals surface area contributed by atoms with Crippen LogP contribution in [0.15, 0.2) is 18.2 Å². The zero-order valence-electron chi connectivity index (χ0n) is 13.9. The van der Waals surface area contributed by atoms with Gasteiger partial charge in [0, 0.05) is 18.0 Å². The van der Waals surface area contributed by atoms with E-state index < -0.39 is 0 Å². The van der Waals surface area contributed by atoms with Crippen molar-refractivity contribution in [1.82, 2.24) is 4.90 Å². The molecule has 1 aromatic rings. The molecule has 4 nitrogen and oxygen atoms in total. The number of likely N-dealkylation sites (tertiary alicyclic amines) is 1. The van der Waals surface area contributed by atoms with Crippen molar-refractivity contribution in [1.29, 1.82) is 5.41 Å². The Labute approximate surface area is 144 Å². The number of nitrogens with zero attached hydrogens (tertiary/aromatic N) is 1. The van der Waals surface area contributed by atoms with Gasteiger partial charge in [-0.2, -0.15) is 0 Å². The Balaban J connectivity index is 1.80. The summed E-state index contributed by atoms with van der Waals surface area (Å²) in [6.07, 6.45) is 5.29. The Morgan fingerprint density at radius 1 is 1.26 bits per heavy atom. The van der Waals surface area contributed by atoms with E-state index in [1.54, 1.807) is 0 Å². The van der Waals surface area contributed by atoms with E-state index in [-0.39, 0.29) is 0 Å². The minimum atomic E-state index is 0.331. The number of nitrogens with one attached hydrogen (secondary N) is 1. The summed E-state index contributed by atoms with van der Waals surface area (Å²) in [5, 5.41) is 8.38. The molecule has 0 amide bonds. The monoisotopic (exact) mass is 338 g/mol. The van der Waals surface area contributed by atoms with Crippen molar-refractivity contribution in [3.8, 4) is 5.75 Å². The highest BCUT2D eigenvalue weighted by Crippen LogP contribution is 2.25. The van der Waals surface area contributed by atoms with E-state index in [1.807, 2.05) is 25.1 Å². The molecule has 23 heavy (non-hydrogen) atoms. The van der Waals surface area contributed by atoms with E-state index in [9.17, 15) is 0 Å². The molecule has 1 fully saturated rings. The molecule has 1 heterocycles. The summed E-state index contributed by atoms with van der Waals surface area (Å²) >= 11 is 6.33. The predicted molar refractivity (Wildman–Crippen MR) is 94.7 cm³/mol. The molecule has 2 rings (SSSR count). The van der Waals surface area contributed by atoms with Gasteiger partial charge in [0.05, 0.1) is 13.2 Å². The van der Waals surface area contributed by atoms with Crippen molar-refractivity contribution >= 4 is 17.5 Å². The van der Waals surface area contributed by atoms with Crippen LogP contribution in [0.3, 0.4) is 0 Å². The van der Waals surface area contributed by atoms with E-state index in [2.05, 4.69) is 4.90 Å². The lowest BCUT2D eigenvalue weighted by molar-refractivity contribution is 0.220. The quantitative estimate of drug-likeness (QED) is 0.431. The number of hydrogen-bond donors (Lipinski definition) is 1. The lowest BCUT2D eigenvalue weighted by atomic mass is 10.1. The van der Waals surface area contributed by atoms with Crippen LogP contribution in [0.1, 0.15) is 44.6 Å². The molecular formula is C18H27ClN2O2. The van der Waals surface area contributed by atoms with E-state index in [0.717, 1.165) is 42.4 Å². The highest BCUT2D eigenvalue weighted by Gasteiger charge is 2.12. The van der Waals surface area contributed by atoms with Gasteiger partial charge in [-0.25, -0.2) is 0 Å². The van der Waals surface area contributed by atoms with Crippen molar-refractivity contribution in [2.45, 2.75) is 45.6 Å². The van der Waals surface area contributed by atoms with Gasteiger partial charge in [0.25, 0.3) is 0 Å². The molecule has 1 aliphatic rings. The van der Waals surface area contributed by atoms with Crippen LogP contribution in [-0.2, 0) is 11.3 Å². The molecule has 0 aromatic heterocycles. The van der Waals surface area contributed by atoms with Gasteiger partial charge in [0.2, 0.25) is 0 Å². The average molecular weight is 339 g/mol. The highest BCUT2D eigenvalue weighted by atomic mass is 35.5. The lowest BCUT2D eigenvalue weighted by Crippen LogP contribution is -2.29. The molecule has 1 N–H and O–H groups in total. The largest absolute Gasteiger partial charge is 0.494 e. The molecule has 0 aliphatic carbocycles. The molecule has 128 valence electrons. The summed E-state index contributed by atoms with van der Waals surface area (Å²) in [7, 11) is 0. The third-order valence-electron chi connectivity index (χ3n) is 4.00. The van der Waals surface area contributed by atoms with E-state index in [4.69, 9.17) is 26.5 Å². The normalized spacial score (nSPS) is 15.4. The first kappa shape index (κ1) is 18.1. The zero-order valence-corrected chi connectivity index (χ0v) is 14.7. The van der Waals surface area contributed by atoms with Crippen LogP contribution >= 0.6 is 11.6 Å². The first-order chi connectivity index (χ1) is 11.2. The molecule has 5 heteroatoms. The second-order valence-electron chi connectivity index (χ2n) is 5.90. The summed E-state index contributed by atoms with van der Waals surface area (Å²) in [4.78, 5) is 2.46. The molecule has 1 aliphatic heterocycles. The molecule has 0 radical (unpaired) electrons. The van der Waals surface area contributed by atoms with Crippen LogP contribution < -0.4 is 4.74 Å². The second-order valence-corrected chi connectivity index (χ2v) is 6.31. The van der Waals surface area contributed by atoms with Crippen molar-refractivity contribution in [2.24, 2.45) is 0 Å². The molecule has 0 saturated carbocycles. The molecule has 1 aromatic carbocycles. The summed E-state index contributed by atoms with van der Waals surface area (Å²) < 4.78 is 10.9. The number of ether oxygens (including phenoxy) is 2. The highest BCUT2D eigenvalue weighted by molar-refractivity contribution is 6.31. The summed E-state index contributed by atoms with van der Waals surface area (Å²) in [5.41, 5.74) is 1.13. The summed E-state index contributed by atoms with van der Waals surface area (Å²) in [6.45, 7) is 6.23. The van der Waals surface area contributed by atoms with Crippen LogP contribution in [0.5, 0.6) is 5.75 Å². The topological polar surface area (TPSA) is 45.6 Å². The van der Waals surface area contributed by atoms with Crippen molar-refractivity contribution in [2.75, 3.05) is 26.3 Å². The lowest BCUT2D eigenvalue weighted by Gasteiger charge is -2.26. The zero-order chi connectivity index (χ0) is 16.5. The van der Waals surface area contributed by atoms with Crippen LogP contribution in [-0.4, -0.2) is 37.1 Å². The van der Waals surface area contributed by atoms with Gasteiger partial charge in [-0.15, -0.1) is 0 Å². The SMILES string of the molecule is CCOC(=N)CCCOc1ccc(Cl)c(CN2CCCCC2)c1. The maximum Gasteiger partial charge on any atom is 0.180 e. The Morgan fingerprint density at radius 3 is 2.78 bits per heavy atom. The fourth-order valence-electron chi connectivity index (χ4n) is 2.79. The van der Waals surface area contributed by atoms with Crippen LogP contribution in [0.4, 0.5) is 0 Å². The molecule has 0 unspecified atom stereocenters. The van der Waals surface area contributed by atoms with Gasteiger partial charge >= 0.3 is 0 Å². The van der Waals surface area contributed by atoms with Gasteiger partial charge in [-0.3, -0.25) is 10.3 Å². The molecule has 0 spiro atoms. The third kappa shape index (κ3) is 6.40. The predicted octanol–water partition coefficient (Wildman–Crippen LogP) is 4.50. The fraction of sp³-hybridized carbons (Fsp3) is 0.611. The Bertz CT molecular complexity index is 502. The standard InChI is InChI=1S/C18H27ClN2O2/c1-2-22-18(20)7-6-12-23-16-8-9-17(19)15(13-16)14-21-10-4-3-5-11-21/h8-9,13,20H,2-7,10-12,14H2,1H3.